The zero-order valence-electron chi connectivity index (χ0n) is 14.4. The predicted octanol–water partition coefficient (Wildman–Crippen LogP) is 6.67. The van der Waals surface area contributed by atoms with E-state index in [1.165, 1.54) is 0 Å². The summed E-state index contributed by atoms with van der Waals surface area (Å²) in [6.07, 6.45) is 0. The van der Waals surface area contributed by atoms with Crippen LogP contribution < -0.4 is 10.2 Å². The summed E-state index contributed by atoms with van der Waals surface area (Å²) in [6, 6.07) is 29.9. The van der Waals surface area contributed by atoms with Crippen molar-refractivity contribution in [3.8, 4) is 0 Å². The zero-order valence-corrected chi connectivity index (χ0v) is 15.2. The Balaban J connectivity index is 1.54. The van der Waals surface area contributed by atoms with Crippen LogP contribution in [0.5, 0.6) is 0 Å². The lowest BCUT2D eigenvalue weighted by molar-refractivity contribution is 0.259. The molecule has 5 rings (SSSR count). The molecule has 4 aromatic carbocycles. The summed E-state index contributed by atoms with van der Waals surface area (Å²) in [5, 5.41) is 5.32. The molecule has 27 heavy (non-hydrogen) atoms. The number of hydrogen-bond acceptors (Lipinski definition) is 2. The normalized spacial score (nSPS) is 12.4. The average molecular weight is 368 g/mol. The first-order valence-corrected chi connectivity index (χ1v) is 9.57. The standard InChI is InChI=1S/C23H16N2OS/c26-23(24-18-14-13-16-7-1-2-8-17(16)15-18)25-19-9-3-5-11-21(19)27-22-12-6-4-10-20(22)25/h1-15H,(H,24,26). The Morgan fingerprint density at radius 2 is 1.30 bits per heavy atom. The van der Waals surface area contributed by atoms with E-state index in [0.717, 1.165) is 37.6 Å². The maximum atomic E-state index is 13.2. The van der Waals surface area contributed by atoms with Crippen LogP contribution in [0.15, 0.2) is 101 Å². The fourth-order valence-electron chi connectivity index (χ4n) is 3.37. The van der Waals surface area contributed by atoms with Gasteiger partial charge in [0.2, 0.25) is 0 Å². The van der Waals surface area contributed by atoms with E-state index in [1.807, 2.05) is 84.9 Å². The number of carbonyl (C=O) groups is 1. The largest absolute Gasteiger partial charge is 0.331 e. The fourth-order valence-corrected chi connectivity index (χ4v) is 4.43. The van der Waals surface area contributed by atoms with Gasteiger partial charge in [-0.1, -0.05) is 66.4 Å². The van der Waals surface area contributed by atoms with Crippen molar-refractivity contribution in [3.63, 3.8) is 0 Å². The second-order valence-corrected chi connectivity index (χ2v) is 7.45. The van der Waals surface area contributed by atoms with Crippen LogP contribution in [0.2, 0.25) is 0 Å². The number of urea groups is 1. The first kappa shape index (κ1) is 16.0. The average Bonchev–Trinajstić information content (AvgIpc) is 2.71. The number of hydrogen-bond donors (Lipinski definition) is 1. The minimum atomic E-state index is -0.162. The second-order valence-electron chi connectivity index (χ2n) is 6.37. The van der Waals surface area contributed by atoms with E-state index in [4.69, 9.17) is 0 Å². The summed E-state index contributed by atoms with van der Waals surface area (Å²) in [5.41, 5.74) is 2.59. The summed E-state index contributed by atoms with van der Waals surface area (Å²) in [7, 11) is 0. The van der Waals surface area contributed by atoms with Crippen molar-refractivity contribution in [1.29, 1.82) is 0 Å². The number of anilines is 3. The third-order valence-corrected chi connectivity index (χ3v) is 5.77. The number of para-hydroxylation sites is 2. The predicted molar refractivity (Wildman–Crippen MR) is 112 cm³/mol. The van der Waals surface area contributed by atoms with Crippen molar-refractivity contribution < 1.29 is 4.79 Å². The van der Waals surface area contributed by atoms with Crippen molar-refractivity contribution in [2.75, 3.05) is 10.2 Å². The van der Waals surface area contributed by atoms with Crippen molar-refractivity contribution in [1.82, 2.24) is 0 Å². The van der Waals surface area contributed by atoms with Gasteiger partial charge in [-0.25, -0.2) is 4.79 Å². The molecule has 1 heterocycles. The Labute approximate surface area is 161 Å². The first-order chi connectivity index (χ1) is 13.3. The molecule has 0 saturated heterocycles. The first-order valence-electron chi connectivity index (χ1n) is 8.75. The Morgan fingerprint density at radius 3 is 2.00 bits per heavy atom. The van der Waals surface area contributed by atoms with Gasteiger partial charge in [-0.3, -0.25) is 4.90 Å². The molecule has 130 valence electrons. The quantitative estimate of drug-likeness (QED) is 0.407. The van der Waals surface area contributed by atoms with E-state index in [9.17, 15) is 4.79 Å². The summed E-state index contributed by atoms with van der Waals surface area (Å²) in [6.45, 7) is 0. The number of fused-ring (bicyclic) bond motifs is 3. The summed E-state index contributed by atoms with van der Waals surface area (Å²) in [5.74, 6) is 0. The molecule has 0 atom stereocenters. The molecule has 0 spiro atoms. The van der Waals surface area contributed by atoms with E-state index < -0.39 is 0 Å². The van der Waals surface area contributed by atoms with Crippen molar-refractivity contribution in [2.24, 2.45) is 0 Å². The monoisotopic (exact) mass is 368 g/mol. The van der Waals surface area contributed by atoms with Crippen LogP contribution >= 0.6 is 11.8 Å². The lowest BCUT2D eigenvalue weighted by atomic mass is 10.1. The van der Waals surface area contributed by atoms with Gasteiger partial charge in [0.1, 0.15) is 0 Å². The van der Waals surface area contributed by atoms with Crippen LogP contribution in [0.4, 0.5) is 21.9 Å². The van der Waals surface area contributed by atoms with E-state index in [0.29, 0.717) is 0 Å². The Kier molecular flexibility index (Phi) is 3.84. The van der Waals surface area contributed by atoms with Gasteiger partial charge in [0.05, 0.1) is 11.4 Å². The molecule has 0 bridgehead atoms. The van der Waals surface area contributed by atoms with Gasteiger partial charge in [-0.15, -0.1) is 0 Å². The molecule has 1 aliphatic rings. The molecule has 0 fully saturated rings. The van der Waals surface area contributed by atoms with Crippen LogP contribution in [0.3, 0.4) is 0 Å². The lowest BCUT2D eigenvalue weighted by Crippen LogP contribution is -2.32. The number of nitrogens with zero attached hydrogens (tertiary/aromatic N) is 1. The van der Waals surface area contributed by atoms with E-state index >= 15 is 0 Å². The molecular formula is C23H16N2OS. The molecule has 2 amide bonds. The number of nitrogens with one attached hydrogen (secondary N) is 1. The summed E-state index contributed by atoms with van der Waals surface area (Å²) < 4.78 is 0. The van der Waals surface area contributed by atoms with Gasteiger partial charge < -0.3 is 5.32 Å². The van der Waals surface area contributed by atoms with E-state index in [1.54, 1.807) is 16.7 Å². The molecule has 4 heteroatoms. The van der Waals surface area contributed by atoms with Gasteiger partial charge in [0.25, 0.3) is 0 Å². The minimum Gasteiger partial charge on any atom is -0.307 e. The van der Waals surface area contributed by atoms with E-state index in [-0.39, 0.29) is 6.03 Å². The smallest absolute Gasteiger partial charge is 0.307 e. The molecular weight excluding hydrogens is 352 g/mol. The van der Waals surface area contributed by atoms with Gasteiger partial charge in [-0.05, 0) is 47.2 Å². The topological polar surface area (TPSA) is 32.3 Å². The maximum Gasteiger partial charge on any atom is 0.331 e. The Bertz CT molecular complexity index is 1130. The molecule has 0 aromatic heterocycles. The lowest BCUT2D eigenvalue weighted by Gasteiger charge is -2.31. The maximum absolute atomic E-state index is 13.2. The fraction of sp³-hybridized carbons (Fsp3) is 0. The van der Waals surface area contributed by atoms with Crippen LogP contribution in [-0.4, -0.2) is 6.03 Å². The molecule has 3 nitrogen and oxygen atoms in total. The highest BCUT2D eigenvalue weighted by Gasteiger charge is 2.27. The molecule has 0 unspecified atom stereocenters. The molecule has 4 aromatic rings. The number of benzene rings is 4. The third-order valence-electron chi connectivity index (χ3n) is 4.64. The van der Waals surface area contributed by atoms with Crippen molar-refractivity contribution >= 4 is 45.6 Å². The molecule has 0 aliphatic carbocycles. The highest BCUT2D eigenvalue weighted by molar-refractivity contribution is 7.99. The second kappa shape index (κ2) is 6.49. The van der Waals surface area contributed by atoms with Crippen LogP contribution in [0.25, 0.3) is 10.8 Å². The van der Waals surface area contributed by atoms with Crippen molar-refractivity contribution in [2.45, 2.75) is 9.79 Å². The van der Waals surface area contributed by atoms with Gasteiger partial charge in [0.15, 0.2) is 0 Å². The minimum absolute atomic E-state index is 0.162. The zero-order chi connectivity index (χ0) is 18.2. The molecule has 1 N–H and O–H groups in total. The number of rotatable bonds is 1. The SMILES string of the molecule is O=C(Nc1ccc2ccccc2c1)N1c2ccccc2Sc2ccccc21. The Hall–Kier alpha value is -3.24. The number of amides is 2. The third kappa shape index (κ3) is 2.84. The van der Waals surface area contributed by atoms with E-state index in [2.05, 4.69) is 11.4 Å². The number of carbonyl (C=O) groups excluding carboxylic acids is 1. The van der Waals surface area contributed by atoms with Crippen LogP contribution in [0.1, 0.15) is 0 Å². The van der Waals surface area contributed by atoms with Gasteiger partial charge >= 0.3 is 6.03 Å². The van der Waals surface area contributed by atoms with Crippen LogP contribution in [-0.2, 0) is 0 Å². The molecule has 0 radical (unpaired) electrons. The summed E-state index contributed by atoms with van der Waals surface area (Å²) in [4.78, 5) is 17.1. The Morgan fingerprint density at radius 1 is 0.704 bits per heavy atom. The highest BCUT2D eigenvalue weighted by Crippen LogP contribution is 2.48. The summed E-state index contributed by atoms with van der Waals surface area (Å²) >= 11 is 1.69. The highest BCUT2D eigenvalue weighted by atomic mass is 32.2. The molecule has 1 aliphatic heterocycles. The molecule has 0 saturated carbocycles. The van der Waals surface area contributed by atoms with Crippen molar-refractivity contribution in [3.05, 3.63) is 91.0 Å². The van der Waals surface area contributed by atoms with Crippen LogP contribution in [0, 0.1) is 0 Å². The van der Waals surface area contributed by atoms with Gasteiger partial charge in [-0.2, -0.15) is 0 Å². The van der Waals surface area contributed by atoms with Gasteiger partial charge in [0, 0.05) is 15.5 Å².